The maximum Gasteiger partial charge on any atom is 0.418 e. The van der Waals surface area contributed by atoms with E-state index in [-0.39, 0.29) is 48.6 Å². The van der Waals surface area contributed by atoms with Crippen LogP contribution in [-0.2, 0) is 6.18 Å². The summed E-state index contributed by atoms with van der Waals surface area (Å²) in [6.07, 6.45) is -5.32. The second kappa shape index (κ2) is 8.43. The van der Waals surface area contributed by atoms with Crippen molar-refractivity contribution in [3.8, 4) is 0 Å². The lowest BCUT2D eigenvalue weighted by Crippen LogP contribution is -2.31. The Balaban J connectivity index is 2.10. The molecule has 1 saturated heterocycles. The first-order valence-electron chi connectivity index (χ1n) is 9.98. The van der Waals surface area contributed by atoms with Gasteiger partial charge in [-0.1, -0.05) is 12.1 Å². The first-order valence-corrected chi connectivity index (χ1v) is 9.98. The van der Waals surface area contributed by atoms with Crippen molar-refractivity contribution in [3.05, 3.63) is 52.2 Å². The number of hydrogen-bond acceptors (Lipinski definition) is 3. The van der Waals surface area contributed by atoms with Crippen LogP contribution in [0.25, 0.3) is 0 Å². The molecule has 9 heteroatoms. The highest BCUT2D eigenvalue weighted by atomic mass is 19.4. The number of hydrogen-bond donors (Lipinski definition) is 1. The summed E-state index contributed by atoms with van der Waals surface area (Å²) in [4.78, 5) is 18.7. The lowest BCUT2D eigenvalue weighted by molar-refractivity contribution is -0.138. The average molecular weight is 441 g/mol. The van der Waals surface area contributed by atoms with Gasteiger partial charge in [-0.3, -0.25) is 4.79 Å². The molecule has 1 amide bonds. The second-order valence-electron chi connectivity index (χ2n) is 7.91. The third-order valence-corrected chi connectivity index (χ3v) is 5.41. The monoisotopic (exact) mass is 441 g/mol. The second-order valence-corrected chi connectivity index (χ2v) is 7.91. The van der Waals surface area contributed by atoms with Crippen LogP contribution in [0, 0.1) is 20.8 Å². The van der Waals surface area contributed by atoms with Crippen molar-refractivity contribution in [2.75, 3.05) is 23.3 Å². The molecule has 1 N–H and O–H groups in total. The zero-order chi connectivity index (χ0) is 23.0. The molecule has 3 rings (SSSR count). The van der Waals surface area contributed by atoms with Crippen molar-refractivity contribution >= 4 is 17.4 Å². The quantitative estimate of drug-likeness (QED) is 0.603. The smallest absolute Gasteiger partial charge is 0.356 e. The Morgan fingerprint density at radius 3 is 2.48 bits per heavy atom. The van der Waals surface area contributed by atoms with Gasteiger partial charge in [0.1, 0.15) is 5.82 Å². The third kappa shape index (κ3) is 5.14. The number of amides is 1. The average Bonchev–Trinajstić information content (AvgIpc) is 2.80. The van der Waals surface area contributed by atoms with E-state index < -0.39 is 30.0 Å². The Morgan fingerprint density at radius 2 is 1.84 bits per heavy atom. The van der Waals surface area contributed by atoms with Crippen LogP contribution in [0.1, 0.15) is 52.0 Å². The fraction of sp³-hybridized carbons (Fsp3) is 0.455. The number of halogens is 5. The summed E-state index contributed by atoms with van der Waals surface area (Å²) in [5.74, 6) is -3.60. The summed E-state index contributed by atoms with van der Waals surface area (Å²) in [6, 6.07) is 6.84. The van der Waals surface area contributed by atoms with Crippen molar-refractivity contribution in [1.82, 2.24) is 4.98 Å². The molecule has 0 aliphatic carbocycles. The van der Waals surface area contributed by atoms with Crippen molar-refractivity contribution in [2.45, 2.75) is 52.1 Å². The number of nitrogens with zero attached hydrogens (tertiary/aromatic N) is 2. The van der Waals surface area contributed by atoms with Gasteiger partial charge in [0.25, 0.3) is 5.91 Å². The largest absolute Gasteiger partial charge is 0.418 e. The minimum Gasteiger partial charge on any atom is -0.356 e. The predicted octanol–water partition coefficient (Wildman–Crippen LogP) is 5.90. The standard InChI is InChI=1S/C22H24F5N3O/c1-13-6-4-7-16(12-13)29-20(31)17-14(2)18(22(25,26)27)15(3)28-19(17)30-10-5-8-21(23,24)9-11-30/h4,6-7,12H,5,8-11H2,1-3H3,(H,29,31). The molecule has 1 aliphatic rings. The minimum atomic E-state index is -4.70. The first-order chi connectivity index (χ1) is 14.4. The Labute approximate surface area is 177 Å². The van der Waals surface area contributed by atoms with Crippen molar-refractivity contribution in [1.29, 1.82) is 0 Å². The van der Waals surface area contributed by atoms with E-state index >= 15 is 0 Å². The summed E-state index contributed by atoms with van der Waals surface area (Å²) in [5, 5.41) is 2.63. The molecule has 0 radical (unpaired) electrons. The Morgan fingerprint density at radius 1 is 1.13 bits per heavy atom. The van der Waals surface area contributed by atoms with Crippen LogP contribution in [0.2, 0.25) is 0 Å². The van der Waals surface area contributed by atoms with Crippen LogP contribution in [0.4, 0.5) is 33.5 Å². The molecular weight excluding hydrogens is 417 g/mol. The molecule has 0 bridgehead atoms. The molecule has 1 fully saturated rings. The Bertz CT molecular complexity index is 988. The van der Waals surface area contributed by atoms with Gasteiger partial charge in [0.2, 0.25) is 5.92 Å². The molecule has 1 aliphatic heterocycles. The molecule has 168 valence electrons. The van der Waals surface area contributed by atoms with E-state index in [0.717, 1.165) is 5.56 Å². The summed E-state index contributed by atoms with van der Waals surface area (Å²) in [7, 11) is 0. The summed E-state index contributed by atoms with van der Waals surface area (Å²) in [5.41, 5.74) is -0.496. The predicted molar refractivity (Wildman–Crippen MR) is 109 cm³/mol. The molecule has 31 heavy (non-hydrogen) atoms. The molecule has 0 unspecified atom stereocenters. The number of rotatable bonds is 3. The zero-order valence-electron chi connectivity index (χ0n) is 17.5. The summed E-state index contributed by atoms with van der Waals surface area (Å²) >= 11 is 0. The van der Waals surface area contributed by atoms with Crippen LogP contribution in [-0.4, -0.2) is 29.9 Å². The highest BCUT2D eigenvalue weighted by Crippen LogP contribution is 2.39. The van der Waals surface area contributed by atoms with E-state index in [0.29, 0.717) is 5.69 Å². The van der Waals surface area contributed by atoms with Gasteiger partial charge >= 0.3 is 6.18 Å². The van der Waals surface area contributed by atoms with Crippen molar-refractivity contribution in [2.24, 2.45) is 0 Å². The molecule has 1 aromatic heterocycles. The zero-order valence-corrected chi connectivity index (χ0v) is 17.5. The molecule has 2 aromatic rings. The van der Waals surface area contributed by atoms with Crippen LogP contribution in [0.5, 0.6) is 0 Å². The van der Waals surface area contributed by atoms with Crippen LogP contribution in [0.15, 0.2) is 24.3 Å². The highest BCUT2D eigenvalue weighted by Gasteiger charge is 2.39. The van der Waals surface area contributed by atoms with Gasteiger partial charge in [-0.25, -0.2) is 13.8 Å². The Hall–Kier alpha value is -2.71. The first kappa shape index (κ1) is 23.0. The number of alkyl halides is 5. The van der Waals surface area contributed by atoms with Gasteiger partial charge in [0, 0.05) is 31.6 Å². The number of aryl methyl sites for hydroxylation is 2. The van der Waals surface area contributed by atoms with Crippen LogP contribution >= 0.6 is 0 Å². The SMILES string of the molecule is Cc1cccc(NC(=O)c2c(N3CCCC(F)(F)CC3)nc(C)c(C(F)(F)F)c2C)c1. The van der Waals surface area contributed by atoms with Crippen molar-refractivity contribution < 1.29 is 26.7 Å². The molecule has 2 heterocycles. The van der Waals surface area contributed by atoms with Gasteiger partial charge in [-0.2, -0.15) is 13.2 Å². The molecule has 4 nitrogen and oxygen atoms in total. The summed E-state index contributed by atoms with van der Waals surface area (Å²) in [6.45, 7) is 4.33. The molecular formula is C22H24F5N3O. The van der Waals surface area contributed by atoms with Gasteiger partial charge in [-0.05, 0) is 50.5 Å². The van der Waals surface area contributed by atoms with Crippen LogP contribution < -0.4 is 10.2 Å². The van der Waals surface area contributed by atoms with Crippen molar-refractivity contribution in [3.63, 3.8) is 0 Å². The van der Waals surface area contributed by atoms with E-state index in [1.165, 1.54) is 18.7 Å². The lowest BCUT2D eigenvalue weighted by Gasteiger charge is -2.27. The molecule has 1 aromatic carbocycles. The Kier molecular flexibility index (Phi) is 6.25. The van der Waals surface area contributed by atoms with E-state index in [1.807, 2.05) is 13.0 Å². The summed E-state index contributed by atoms with van der Waals surface area (Å²) < 4.78 is 68.8. The number of pyridine rings is 1. The number of benzene rings is 1. The lowest BCUT2D eigenvalue weighted by atomic mass is 9.99. The topological polar surface area (TPSA) is 45.2 Å². The normalized spacial score (nSPS) is 16.7. The minimum absolute atomic E-state index is 0.00542. The van der Waals surface area contributed by atoms with E-state index in [2.05, 4.69) is 10.3 Å². The third-order valence-electron chi connectivity index (χ3n) is 5.41. The van der Waals surface area contributed by atoms with E-state index in [9.17, 15) is 26.7 Å². The van der Waals surface area contributed by atoms with E-state index in [1.54, 1.807) is 18.2 Å². The van der Waals surface area contributed by atoms with E-state index in [4.69, 9.17) is 0 Å². The molecule has 0 saturated carbocycles. The maximum atomic E-state index is 13.8. The number of carbonyl (C=O) groups is 1. The molecule has 0 spiro atoms. The van der Waals surface area contributed by atoms with Gasteiger partial charge in [0.05, 0.1) is 16.8 Å². The van der Waals surface area contributed by atoms with Gasteiger partial charge in [-0.15, -0.1) is 0 Å². The molecule has 0 atom stereocenters. The maximum absolute atomic E-state index is 13.8. The fourth-order valence-corrected chi connectivity index (χ4v) is 3.95. The fourth-order valence-electron chi connectivity index (χ4n) is 3.95. The van der Waals surface area contributed by atoms with Gasteiger partial charge in [0.15, 0.2) is 0 Å². The number of anilines is 2. The van der Waals surface area contributed by atoms with Crippen LogP contribution in [0.3, 0.4) is 0 Å². The highest BCUT2D eigenvalue weighted by molar-refractivity contribution is 6.09. The number of nitrogens with one attached hydrogen (secondary N) is 1. The van der Waals surface area contributed by atoms with Gasteiger partial charge < -0.3 is 10.2 Å². The number of aromatic nitrogens is 1. The number of carbonyl (C=O) groups excluding carboxylic acids is 1.